The molecule has 0 saturated heterocycles. The summed E-state index contributed by atoms with van der Waals surface area (Å²) in [4.78, 5) is 22.9. The van der Waals surface area contributed by atoms with Gasteiger partial charge in [0.15, 0.2) is 12.0 Å². The lowest BCUT2D eigenvalue weighted by molar-refractivity contribution is 0.0599. The fourth-order valence-corrected chi connectivity index (χ4v) is 2.99. The first-order valence-electron chi connectivity index (χ1n) is 9.69. The predicted octanol–water partition coefficient (Wildman–Crippen LogP) is 2.81. The zero-order chi connectivity index (χ0) is 23.4. The first-order chi connectivity index (χ1) is 14.9. The number of carbonyl (C=O) groups excluding carboxylic acids is 2. The number of anilines is 4. The Morgan fingerprint density at radius 1 is 0.968 bits per heavy atom. The van der Waals surface area contributed by atoms with Gasteiger partial charge in [-0.1, -0.05) is 6.92 Å². The third-order valence-corrected chi connectivity index (χ3v) is 4.43. The van der Waals surface area contributed by atoms with Gasteiger partial charge in [0, 0.05) is 27.3 Å². The third kappa shape index (κ3) is 6.51. The fourth-order valence-electron chi connectivity index (χ4n) is 2.99. The predicted molar refractivity (Wildman–Crippen MR) is 124 cm³/mol. The fraction of sp³-hybridized carbons (Fsp3) is 0.364. The van der Waals surface area contributed by atoms with Crippen molar-refractivity contribution in [2.24, 2.45) is 0 Å². The number of esters is 1. The molecule has 0 saturated carbocycles. The van der Waals surface area contributed by atoms with E-state index in [9.17, 15) is 9.59 Å². The van der Waals surface area contributed by atoms with E-state index in [0.29, 0.717) is 59.7 Å². The maximum Gasteiger partial charge on any atom is 0.338 e. The number of benzene rings is 2. The molecule has 0 unspecified atom stereocenters. The van der Waals surface area contributed by atoms with Crippen molar-refractivity contribution in [3.8, 4) is 5.75 Å². The quantitative estimate of drug-likeness (QED) is 0.204. The molecule has 0 aliphatic carbocycles. The van der Waals surface area contributed by atoms with E-state index in [1.54, 1.807) is 38.5 Å². The highest BCUT2D eigenvalue weighted by Crippen LogP contribution is 2.32. The molecule has 9 heteroatoms. The number of methoxy groups -OCH3 is 3. The molecule has 0 radical (unpaired) electrons. The SMILES string of the molecule is CCc1c(C(=O)OC)ccc(NCCNc2ccc(C=O)c(OC)c2N)c1N.COC. The molecule has 2 aromatic carbocycles. The van der Waals surface area contributed by atoms with Crippen molar-refractivity contribution in [2.75, 3.05) is 63.6 Å². The Hall–Kier alpha value is -3.46. The molecule has 0 bridgehead atoms. The largest absolute Gasteiger partial charge is 0.494 e. The van der Waals surface area contributed by atoms with Gasteiger partial charge in [0.2, 0.25) is 0 Å². The molecule has 2 aromatic rings. The van der Waals surface area contributed by atoms with Crippen LogP contribution in [-0.4, -0.2) is 53.8 Å². The highest BCUT2D eigenvalue weighted by atomic mass is 16.5. The lowest BCUT2D eigenvalue weighted by atomic mass is 10.0. The molecule has 0 amide bonds. The van der Waals surface area contributed by atoms with Crippen LogP contribution in [0.15, 0.2) is 24.3 Å². The Labute approximate surface area is 183 Å². The minimum atomic E-state index is -0.403. The Morgan fingerprint density at radius 3 is 2.00 bits per heavy atom. The average molecular weight is 433 g/mol. The monoisotopic (exact) mass is 432 g/mol. The molecule has 0 atom stereocenters. The maximum atomic E-state index is 11.9. The normalized spacial score (nSPS) is 9.84. The average Bonchev–Trinajstić information content (AvgIpc) is 2.77. The van der Waals surface area contributed by atoms with Crippen molar-refractivity contribution in [2.45, 2.75) is 13.3 Å². The number of rotatable bonds is 9. The summed E-state index contributed by atoms with van der Waals surface area (Å²) in [5.74, 6) is -0.0526. The van der Waals surface area contributed by atoms with E-state index >= 15 is 0 Å². The lowest BCUT2D eigenvalue weighted by Gasteiger charge is -2.17. The molecule has 0 spiro atoms. The summed E-state index contributed by atoms with van der Waals surface area (Å²) in [6.07, 6.45) is 1.32. The van der Waals surface area contributed by atoms with Crippen LogP contribution in [0, 0.1) is 0 Å². The zero-order valence-corrected chi connectivity index (χ0v) is 18.7. The van der Waals surface area contributed by atoms with E-state index < -0.39 is 5.97 Å². The van der Waals surface area contributed by atoms with Crippen LogP contribution in [0.25, 0.3) is 0 Å². The molecule has 0 aromatic heterocycles. The van der Waals surface area contributed by atoms with E-state index in [1.165, 1.54) is 14.2 Å². The Bertz CT molecular complexity index is 887. The van der Waals surface area contributed by atoms with E-state index in [2.05, 4.69) is 15.4 Å². The Balaban J connectivity index is 0.00000151. The number of hydrogen-bond acceptors (Lipinski definition) is 9. The van der Waals surface area contributed by atoms with Crippen molar-refractivity contribution < 1.29 is 23.8 Å². The smallest absolute Gasteiger partial charge is 0.338 e. The van der Waals surface area contributed by atoms with Crippen molar-refractivity contribution in [1.82, 2.24) is 0 Å². The number of nitrogens with two attached hydrogens (primary N) is 2. The standard InChI is InChI=1S/C20H26N4O4.C2H6O/c1-4-13-14(20(26)28-3)6-8-15(17(13)21)23-9-10-24-16-7-5-12(11-25)19(27-2)18(16)22;1-3-2/h5-8,11,23-24H,4,9-10,21-22H2,1-3H3;1-2H3. The second-order valence-corrected chi connectivity index (χ2v) is 6.43. The van der Waals surface area contributed by atoms with Gasteiger partial charge in [-0.05, 0) is 36.2 Å². The number of ether oxygens (including phenoxy) is 3. The summed E-state index contributed by atoms with van der Waals surface area (Å²) in [5.41, 5.74) is 16.2. The van der Waals surface area contributed by atoms with Gasteiger partial charge in [-0.2, -0.15) is 0 Å². The van der Waals surface area contributed by atoms with E-state index in [-0.39, 0.29) is 0 Å². The number of nitrogen functional groups attached to an aromatic ring is 2. The van der Waals surface area contributed by atoms with Crippen LogP contribution in [0.2, 0.25) is 0 Å². The molecule has 0 aliphatic rings. The van der Waals surface area contributed by atoms with E-state index in [4.69, 9.17) is 20.9 Å². The summed E-state index contributed by atoms with van der Waals surface area (Å²) in [6.45, 7) is 3.04. The van der Waals surface area contributed by atoms with Crippen LogP contribution in [0.5, 0.6) is 5.75 Å². The molecule has 0 heterocycles. The summed E-state index contributed by atoms with van der Waals surface area (Å²) in [6, 6.07) is 6.85. The molecule has 2 rings (SSSR count). The topological polar surface area (TPSA) is 138 Å². The Kier molecular flexibility index (Phi) is 10.7. The van der Waals surface area contributed by atoms with Crippen molar-refractivity contribution in [1.29, 1.82) is 0 Å². The number of hydrogen-bond donors (Lipinski definition) is 4. The third-order valence-electron chi connectivity index (χ3n) is 4.43. The first kappa shape index (κ1) is 25.6. The van der Waals surface area contributed by atoms with Gasteiger partial charge in [-0.3, -0.25) is 4.79 Å². The van der Waals surface area contributed by atoms with E-state index in [1.807, 2.05) is 6.92 Å². The maximum absolute atomic E-state index is 11.9. The number of nitrogens with one attached hydrogen (secondary N) is 2. The summed E-state index contributed by atoms with van der Waals surface area (Å²) in [7, 11) is 6.06. The molecular formula is C22H32N4O5. The van der Waals surface area contributed by atoms with Gasteiger partial charge in [-0.25, -0.2) is 4.79 Å². The van der Waals surface area contributed by atoms with Crippen LogP contribution in [0.3, 0.4) is 0 Å². The highest BCUT2D eigenvalue weighted by Gasteiger charge is 2.16. The van der Waals surface area contributed by atoms with Crippen molar-refractivity contribution in [3.05, 3.63) is 41.0 Å². The number of aldehydes is 1. The summed E-state index contributed by atoms with van der Waals surface area (Å²) in [5, 5.41) is 6.44. The molecule has 170 valence electrons. The summed E-state index contributed by atoms with van der Waals surface area (Å²) >= 11 is 0. The molecule has 9 nitrogen and oxygen atoms in total. The second-order valence-electron chi connectivity index (χ2n) is 6.43. The van der Waals surface area contributed by atoms with Gasteiger partial charge >= 0.3 is 5.97 Å². The zero-order valence-electron chi connectivity index (χ0n) is 18.7. The van der Waals surface area contributed by atoms with Crippen molar-refractivity contribution in [3.63, 3.8) is 0 Å². The molecular weight excluding hydrogens is 400 g/mol. The molecule has 0 aliphatic heterocycles. The van der Waals surface area contributed by atoms with E-state index in [0.717, 1.165) is 11.3 Å². The van der Waals surface area contributed by atoms with Gasteiger partial charge in [0.25, 0.3) is 0 Å². The van der Waals surface area contributed by atoms with Gasteiger partial charge in [-0.15, -0.1) is 0 Å². The molecule has 6 N–H and O–H groups in total. The van der Waals surface area contributed by atoms with Crippen molar-refractivity contribution >= 4 is 35.0 Å². The highest BCUT2D eigenvalue weighted by molar-refractivity contribution is 5.94. The molecule has 31 heavy (non-hydrogen) atoms. The number of carbonyl (C=O) groups is 2. The van der Waals surface area contributed by atoms with Gasteiger partial charge in [0.05, 0.1) is 48.1 Å². The first-order valence-corrected chi connectivity index (χ1v) is 9.69. The summed E-state index contributed by atoms with van der Waals surface area (Å²) < 4.78 is 14.2. The minimum absolute atomic E-state index is 0.350. The Morgan fingerprint density at radius 2 is 1.52 bits per heavy atom. The van der Waals surface area contributed by atoms with Crippen LogP contribution >= 0.6 is 0 Å². The minimum Gasteiger partial charge on any atom is -0.494 e. The lowest BCUT2D eigenvalue weighted by Crippen LogP contribution is -2.17. The van der Waals surface area contributed by atoms with Gasteiger partial charge < -0.3 is 36.3 Å². The second kappa shape index (κ2) is 13.0. The van der Waals surface area contributed by atoms with Crippen LogP contribution in [-0.2, 0) is 15.9 Å². The van der Waals surface area contributed by atoms with Crippen LogP contribution < -0.4 is 26.8 Å². The van der Waals surface area contributed by atoms with Crippen LogP contribution in [0.4, 0.5) is 22.7 Å². The van der Waals surface area contributed by atoms with Gasteiger partial charge in [0.1, 0.15) is 0 Å². The van der Waals surface area contributed by atoms with Crippen LogP contribution in [0.1, 0.15) is 33.2 Å². The molecule has 0 fully saturated rings.